The molecule has 2 rings (SSSR count). The van der Waals surface area contributed by atoms with Gasteiger partial charge in [0.1, 0.15) is 6.54 Å². The second-order valence-corrected chi connectivity index (χ2v) is 6.27. The number of ether oxygens (including phenoxy) is 1. The molecule has 0 aliphatic carbocycles. The largest absolute Gasteiger partial charge is 0.463 e. The minimum atomic E-state index is -0.531. The Morgan fingerprint density at radius 1 is 1.42 bits per heavy atom. The average molecular weight is 369 g/mol. The number of hydrogen-bond acceptors (Lipinski definition) is 5. The Morgan fingerprint density at radius 2 is 2.17 bits per heavy atom. The first-order chi connectivity index (χ1) is 11.5. The van der Waals surface area contributed by atoms with Crippen LogP contribution < -0.4 is 5.32 Å². The Labute approximate surface area is 149 Å². The van der Waals surface area contributed by atoms with Crippen molar-refractivity contribution in [3.05, 3.63) is 46.0 Å². The van der Waals surface area contributed by atoms with Gasteiger partial charge in [-0.3, -0.25) is 14.5 Å². The second kappa shape index (κ2) is 8.75. The number of halogens is 1. The molecule has 0 radical (unpaired) electrons. The average Bonchev–Trinajstić information content (AvgIpc) is 2.87. The molecule has 2 amide bonds. The van der Waals surface area contributed by atoms with Gasteiger partial charge < -0.3 is 10.1 Å². The van der Waals surface area contributed by atoms with Gasteiger partial charge in [-0.2, -0.15) is 0 Å². The lowest BCUT2D eigenvalue weighted by molar-refractivity contribution is -0.137. The smallest absolute Gasteiger partial charge is 0.333 e. The molecule has 0 unspecified atom stereocenters. The molecular weight excluding hydrogens is 352 g/mol. The van der Waals surface area contributed by atoms with Crippen LogP contribution >= 0.6 is 23.4 Å². The number of thioether (sulfide) groups is 1. The molecule has 1 saturated heterocycles. The topological polar surface area (TPSA) is 75.7 Å². The highest BCUT2D eigenvalue weighted by atomic mass is 35.5. The van der Waals surface area contributed by atoms with Crippen LogP contribution in [0.2, 0.25) is 5.02 Å². The van der Waals surface area contributed by atoms with Gasteiger partial charge in [0.05, 0.1) is 23.5 Å². The van der Waals surface area contributed by atoms with Crippen LogP contribution in [0.25, 0.3) is 0 Å². The summed E-state index contributed by atoms with van der Waals surface area (Å²) in [5, 5.41) is 3.70. The summed E-state index contributed by atoms with van der Waals surface area (Å²) in [4.78, 5) is 36.8. The van der Waals surface area contributed by atoms with Gasteiger partial charge in [-0.05, 0) is 18.6 Å². The predicted octanol–water partition coefficient (Wildman–Crippen LogP) is 1.94. The predicted molar refractivity (Wildman–Crippen MR) is 92.2 cm³/mol. The summed E-state index contributed by atoms with van der Waals surface area (Å²) in [6, 6.07) is 7.18. The molecule has 128 valence electrons. The summed E-state index contributed by atoms with van der Waals surface area (Å²) in [5.74, 6) is -0.886. The highest BCUT2D eigenvalue weighted by Gasteiger charge is 2.29. The molecule has 6 nitrogen and oxygen atoms in total. The fourth-order valence-corrected chi connectivity index (χ4v) is 3.15. The quantitative estimate of drug-likeness (QED) is 0.613. The van der Waals surface area contributed by atoms with Crippen LogP contribution in [0.4, 0.5) is 0 Å². The molecule has 0 aromatic heterocycles. The number of amides is 2. The van der Waals surface area contributed by atoms with Gasteiger partial charge >= 0.3 is 5.97 Å². The number of carbonyl (C=O) groups is 3. The van der Waals surface area contributed by atoms with Gasteiger partial charge in [-0.1, -0.05) is 41.6 Å². The Bertz CT molecular complexity index is 678. The van der Waals surface area contributed by atoms with E-state index in [2.05, 4.69) is 5.32 Å². The van der Waals surface area contributed by atoms with Crippen molar-refractivity contribution in [2.75, 3.05) is 18.9 Å². The highest BCUT2D eigenvalue weighted by molar-refractivity contribution is 8.04. The minimum absolute atomic E-state index is 0.151. The summed E-state index contributed by atoms with van der Waals surface area (Å²) in [7, 11) is 0. The molecule has 24 heavy (non-hydrogen) atoms. The van der Waals surface area contributed by atoms with Gasteiger partial charge in [0.15, 0.2) is 0 Å². The van der Waals surface area contributed by atoms with Crippen LogP contribution in [0, 0.1) is 0 Å². The van der Waals surface area contributed by atoms with Crippen LogP contribution in [-0.2, 0) is 25.7 Å². The van der Waals surface area contributed by atoms with E-state index in [1.54, 1.807) is 19.1 Å². The first-order valence-electron chi connectivity index (χ1n) is 7.33. The maximum Gasteiger partial charge on any atom is 0.333 e. The number of nitrogens with zero attached hydrogens (tertiary/aromatic N) is 1. The first kappa shape index (κ1) is 18.4. The Hall–Kier alpha value is -1.99. The molecule has 1 heterocycles. The van der Waals surface area contributed by atoms with Gasteiger partial charge in [-0.15, -0.1) is 0 Å². The van der Waals surface area contributed by atoms with Crippen molar-refractivity contribution in [2.45, 2.75) is 13.5 Å². The summed E-state index contributed by atoms with van der Waals surface area (Å²) >= 11 is 7.24. The zero-order valence-corrected chi connectivity index (χ0v) is 14.7. The van der Waals surface area contributed by atoms with Crippen LogP contribution in [-0.4, -0.2) is 41.6 Å². The van der Waals surface area contributed by atoms with Gasteiger partial charge in [0.2, 0.25) is 11.8 Å². The molecule has 1 aromatic rings. The minimum Gasteiger partial charge on any atom is -0.463 e. The molecule has 1 aliphatic heterocycles. The molecule has 0 saturated carbocycles. The second-order valence-electron chi connectivity index (χ2n) is 4.87. The first-order valence-corrected chi connectivity index (χ1v) is 8.69. The molecular formula is C16H17ClN2O4S. The Morgan fingerprint density at radius 3 is 2.88 bits per heavy atom. The molecule has 1 fully saturated rings. The molecule has 1 N–H and O–H groups in total. The van der Waals surface area contributed by atoms with E-state index in [1.165, 1.54) is 22.7 Å². The molecule has 1 aliphatic rings. The van der Waals surface area contributed by atoms with Crippen LogP contribution in [0.5, 0.6) is 0 Å². The maximum atomic E-state index is 12.1. The van der Waals surface area contributed by atoms with E-state index >= 15 is 0 Å². The number of carbonyl (C=O) groups excluding carboxylic acids is 3. The fraction of sp³-hybridized carbons (Fsp3) is 0.312. The lowest BCUT2D eigenvalue weighted by Crippen LogP contribution is -2.37. The van der Waals surface area contributed by atoms with Crippen LogP contribution in [0.3, 0.4) is 0 Å². The van der Waals surface area contributed by atoms with Gasteiger partial charge in [0.25, 0.3) is 0 Å². The number of nitrogens with one attached hydrogen (secondary N) is 1. The van der Waals surface area contributed by atoms with E-state index in [0.717, 1.165) is 5.56 Å². The highest BCUT2D eigenvalue weighted by Crippen LogP contribution is 2.28. The standard InChI is InChI=1S/C16H17ClN2O4S/c1-2-23-16(22)7-15-19(14(21)10-24-15)9-13(20)18-8-11-5-3-4-6-12(11)17/h3-7H,2,8-10H2,1H3,(H,18,20)/b15-7-. The molecule has 0 spiro atoms. The van der Waals surface area contributed by atoms with Crippen molar-refractivity contribution < 1.29 is 19.1 Å². The number of rotatable bonds is 6. The summed E-state index contributed by atoms with van der Waals surface area (Å²) in [5.41, 5.74) is 0.789. The van der Waals surface area contributed by atoms with Crippen LogP contribution in [0.15, 0.2) is 35.4 Å². The van der Waals surface area contributed by atoms with E-state index in [-0.39, 0.29) is 37.3 Å². The van der Waals surface area contributed by atoms with Crippen molar-refractivity contribution in [2.24, 2.45) is 0 Å². The normalized spacial score (nSPS) is 15.7. The Balaban J connectivity index is 1.95. The van der Waals surface area contributed by atoms with E-state index in [0.29, 0.717) is 10.1 Å². The number of benzene rings is 1. The summed E-state index contributed by atoms with van der Waals surface area (Å²) < 4.78 is 4.83. The third-order valence-corrected chi connectivity index (χ3v) is 4.57. The third-order valence-electron chi connectivity index (χ3n) is 3.17. The number of hydrogen-bond donors (Lipinski definition) is 1. The molecule has 1 aromatic carbocycles. The summed E-state index contributed by atoms with van der Waals surface area (Å²) in [6.45, 7) is 2.06. The van der Waals surface area contributed by atoms with Crippen molar-refractivity contribution in [3.8, 4) is 0 Å². The lowest BCUT2D eigenvalue weighted by atomic mass is 10.2. The van der Waals surface area contributed by atoms with Crippen molar-refractivity contribution in [1.29, 1.82) is 0 Å². The monoisotopic (exact) mass is 368 g/mol. The molecule has 8 heteroatoms. The zero-order valence-electron chi connectivity index (χ0n) is 13.1. The summed E-state index contributed by atoms with van der Waals surface area (Å²) in [6.07, 6.45) is 1.24. The van der Waals surface area contributed by atoms with E-state index < -0.39 is 5.97 Å². The van der Waals surface area contributed by atoms with Crippen molar-refractivity contribution in [3.63, 3.8) is 0 Å². The fourth-order valence-electron chi connectivity index (χ4n) is 2.02. The molecule has 0 bridgehead atoms. The van der Waals surface area contributed by atoms with E-state index in [9.17, 15) is 14.4 Å². The van der Waals surface area contributed by atoms with Gasteiger partial charge in [-0.25, -0.2) is 4.79 Å². The lowest BCUT2D eigenvalue weighted by Gasteiger charge is -2.16. The van der Waals surface area contributed by atoms with Crippen molar-refractivity contribution in [1.82, 2.24) is 10.2 Å². The zero-order chi connectivity index (χ0) is 17.5. The molecule has 0 atom stereocenters. The Kier molecular flexibility index (Phi) is 6.69. The SMILES string of the molecule is CCOC(=O)/C=C1\SCC(=O)N1CC(=O)NCc1ccccc1Cl. The van der Waals surface area contributed by atoms with E-state index in [4.69, 9.17) is 16.3 Å². The third kappa shape index (κ3) is 5.01. The maximum absolute atomic E-state index is 12.1. The van der Waals surface area contributed by atoms with E-state index in [1.807, 2.05) is 12.1 Å². The van der Waals surface area contributed by atoms with Crippen LogP contribution in [0.1, 0.15) is 12.5 Å². The van der Waals surface area contributed by atoms with Crippen molar-refractivity contribution >= 4 is 41.1 Å². The van der Waals surface area contributed by atoms with Gasteiger partial charge in [0, 0.05) is 11.6 Å². The number of esters is 1.